The van der Waals surface area contributed by atoms with E-state index in [0.29, 0.717) is 0 Å². The predicted molar refractivity (Wildman–Crippen MR) is 159 cm³/mol. The number of hydrogen-bond acceptors (Lipinski definition) is 2. The maximum Gasteiger partial charge on any atom is 0.161 e. The number of benzene rings is 5. The summed E-state index contributed by atoms with van der Waals surface area (Å²) < 4.78 is 0. The van der Waals surface area contributed by atoms with Crippen LogP contribution in [0.15, 0.2) is 109 Å². The predicted octanol–water partition coefficient (Wildman–Crippen LogP) is 9.35. The Balaban J connectivity index is 1.53. The van der Waals surface area contributed by atoms with E-state index in [1.807, 2.05) is 0 Å². The summed E-state index contributed by atoms with van der Waals surface area (Å²) in [6.07, 6.45) is 0. The van der Waals surface area contributed by atoms with Crippen molar-refractivity contribution in [2.24, 2.45) is 0 Å². The minimum absolute atomic E-state index is 0.0181. The second-order valence-corrected chi connectivity index (χ2v) is 11.5. The maximum absolute atomic E-state index is 5.30. The molecule has 1 aliphatic rings. The summed E-state index contributed by atoms with van der Waals surface area (Å²) in [6.45, 7) is 9.47. The van der Waals surface area contributed by atoms with E-state index in [1.165, 1.54) is 33.0 Å². The van der Waals surface area contributed by atoms with Crippen LogP contribution in [0.4, 0.5) is 0 Å². The molecule has 0 atom stereocenters. The fourth-order valence-electron chi connectivity index (χ4n) is 6.22. The molecule has 2 nitrogen and oxygen atoms in total. The highest BCUT2D eigenvalue weighted by Crippen LogP contribution is 2.55. The third kappa shape index (κ3) is 3.20. The fourth-order valence-corrected chi connectivity index (χ4v) is 6.22. The summed E-state index contributed by atoms with van der Waals surface area (Å²) in [4.78, 5) is 10.5. The number of fused-ring (bicyclic) bond motifs is 5. The molecule has 0 bridgehead atoms. The van der Waals surface area contributed by atoms with E-state index in [1.54, 1.807) is 0 Å². The van der Waals surface area contributed by atoms with Crippen LogP contribution in [0.2, 0.25) is 0 Å². The van der Waals surface area contributed by atoms with Crippen LogP contribution in [0.5, 0.6) is 0 Å². The van der Waals surface area contributed by atoms with Crippen molar-refractivity contribution in [2.45, 2.75) is 38.5 Å². The zero-order chi connectivity index (χ0) is 26.1. The molecule has 0 spiro atoms. The molecule has 1 aliphatic carbocycles. The van der Waals surface area contributed by atoms with Gasteiger partial charge in [-0.1, -0.05) is 125 Å². The number of para-hydroxylation sites is 1. The highest BCUT2D eigenvalue weighted by Gasteiger charge is 2.46. The van der Waals surface area contributed by atoms with Crippen LogP contribution in [-0.4, -0.2) is 9.97 Å². The van der Waals surface area contributed by atoms with Crippen LogP contribution in [0.1, 0.15) is 38.8 Å². The van der Waals surface area contributed by atoms with E-state index >= 15 is 0 Å². The van der Waals surface area contributed by atoms with Crippen LogP contribution in [0.3, 0.4) is 0 Å². The van der Waals surface area contributed by atoms with E-state index in [4.69, 9.17) is 9.97 Å². The van der Waals surface area contributed by atoms with Gasteiger partial charge >= 0.3 is 0 Å². The van der Waals surface area contributed by atoms with Gasteiger partial charge < -0.3 is 0 Å². The van der Waals surface area contributed by atoms with Crippen LogP contribution in [-0.2, 0) is 10.8 Å². The first-order chi connectivity index (χ1) is 18.4. The molecule has 38 heavy (non-hydrogen) atoms. The van der Waals surface area contributed by atoms with Gasteiger partial charge in [0.25, 0.3) is 0 Å². The van der Waals surface area contributed by atoms with Crippen LogP contribution in [0.25, 0.3) is 55.4 Å². The lowest BCUT2D eigenvalue weighted by Crippen LogP contribution is -2.43. The Bertz CT molecular complexity index is 1880. The van der Waals surface area contributed by atoms with Crippen molar-refractivity contribution in [1.82, 2.24) is 9.97 Å². The first kappa shape index (κ1) is 22.9. The van der Waals surface area contributed by atoms with Gasteiger partial charge in [0.2, 0.25) is 0 Å². The Morgan fingerprint density at radius 2 is 1.18 bits per heavy atom. The first-order valence-electron chi connectivity index (χ1n) is 13.4. The van der Waals surface area contributed by atoms with Gasteiger partial charge in [0.15, 0.2) is 5.82 Å². The van der Waals surface area contributed by atoms with E-state index in [2.05, 4.69) is 137 Å². The lowest BCUT2D eigenvalue weighted by Gasteiger charge is -2.48. The van der Waals surface area contributed by atoms with Crippen molar-refractivity contribution in [2.75, 3.05) is 0 Å². The summed E-state index contributed by atoms with van der Waals surface area (Å²) in [5, 5.41) is 3.51. The molecule has 0 unspecified atom stereocenters. The summed E-state index contributed by atoms with van der Waals surface area (Å²) >= 11 is 0. The molecule has 0 aliphatic heterocycles. The molecule has 0 saturated heterocycles. The van der Waals surface area contributed by atoms with Gasteiger partial charge in [-0.05, 0) is 56.0 Å². The van der Waals surface area contributed by atoms with E-state index in [9.17, 15) is 0 Å². The Kier molecular flexibility index (Phi) is 4.87. The average Bonchev–Trinajstić information content (AvgIpc) is 2.95. The SMILES string of the molecule is CC1(C)c2ccccc2-c2c(-c3nc(-c4ccc5ccccc5c4)c4ccccc4n3)cccc2C1(C)C. The molecule has 184 valence electrons. The Labute approximate surface area is 224 Å². The molecule has 0 amide bonds. The summed E-state index contributed by atoms with van der Waals surface area (Å²) in [6, 6.07) is 39.0. The maximum atomic E-state index is 5.30. The van der Waals surface area contributed by atoms with Gasteiger partial charge in [0.1, 0.15) is 0 Å². The average molecular weight is 491 g/mol. The topological polar surface area (TPSA) is 25.8 Å². The number of aromatic nitrogens is 2. The second-order valence-electron chi connectivity index (χ2n) is 11.5. The molecular formula is C36H30N2. The van der Waals surface area contributed by atoms with Crippen molar-refractivity contribution < 1.29 is 0 Å². The van der Waals surface area contributed by atoms with Gasteiger partial charge in [-0.25, -0.2) is 9.97 Å². The van der Waals surface area contributed by atoms with E-state index in [-0.39, 0.29) is 10.8 Å². The van der Waals surface area contributed by atoms with Crippen molar-refractivity contribution >= 4 is 21.7 Å². The number of nitrogens with zero attached hydrogens (tertiary/aromatic N) is 2. The lowest BCUT2D eigenvalue weighted by atomic mass is 9.55. The Hall–Kier alpha value is -4.30. The molecule has 0 radical (unpaired) electrons. The Morgan fingerprint density at radius 3 is 2.05 bits per heavy atom. The molecule has 1 heterocycles. The molecule has 2 heteroatoms. The molecule has 7 rings (SSSR count). The van der Waals surface area contributed by atoms with Gasteiger partial charge in [0.05, 0.1) is 11.2 Å². The van der Waals surface area contributed by atoms with Gasteiger partial charge in [0, 0.05) is 16.5 Å². The molecule has 0 N–H and O–H groups in total. The third-order valence-electron chi connectivity index (χ3n) is 9.04. The van der Waals surface area contributed by atoms with Crippen LogP contribution < -0.4 is 0 Å². The van der Waals surface area contributed by atoms with Gasteiger partial charge in [-0.15, -0.1) is 0 Å². The van der Waals surface area contributed by atoms with Crippen molar-refractivity contribution in [3.63, 3.8) is 0 Å². The zero-order valence-electron chi connectivity index (χ0n) is 22.3. The molecule has 6 aromatic rings. The molecule has 1 aromatic heterocycles. The van der Waals surface area contributed by atoms with Gasteiger partial charge in [-0.3, -0.25) is 0 Å². The fraction of sp³-hybridized carbons (Fsp3) is 0.167. The van der Waals surface area contributed by atoms with E-state index < -0.39 is 0 Å². The molecule has 0 fully saturated rings. The third-order valence-corrected chi connectivity index (χ3v) is 9.04. The smallest absolute Gasteiger partial charge is 0.161 e. The normalized spacial score (nSPS) is 15.3. The van der Waals surface area contributed by atoms with Crippen molar-refractivity contribution in [3.05, 3.63) is 120 Å². The molecular weight excluding hydrogens is 460 g/mol. The van der Waals surface area contributed by atoms with Crippen LogP contribution in [0, 0.1) is 0 Å². The van der Waals surface area contributed by atoms with Crippen molar-refractivity contribution in [3.8, 4) is 33.8 Å². The Morgan fingerprint density at radius 1 is 0.526 bits per heavy atom. The minimum Gasteiger partial charge on any atom is -0.228 e. The lowest BCUT2D eigenvalue weighted by molar-refractivity contribution is 0.299. The van der Waals surface area contributed by atoms with Crippen LogP contribution >= 0.6 is 0 Å². The summed E-state index contributed by atoms with van der Waals surface area (Å²) in [7, 11) is 0. The quantitative estimate of drug-likeness (QED) is 0.242. The molecule has 0 saturated carbocycles. The number of rotatable bonds is 2. The zero-order valence-corrected chi connectivity index (χ0v) is 22.3. The highest BCUT2D eigenvalue weighted by atomic mass is 14.9. The first-order valence-corrected chi connectivity index (χ1v) is 13.4. The highest BCUT2D eigenvalue weighted by molar-refractivity contribution is 5.98. The monoisotopic (exact) mass is 490 g/mol. The molecule has 5 aromatic carbocycles. The summed E-state index contributed by atoms with van der Waals surface area (Å²) in [5.41, 5.74) is 9.31. The minimum atomic E-state index is -0.0648. The standard InChI is InChI=1S/C36H30N2/c1-35(2)29-17-9-7-14-26(29)32-28(16-11-18-30(32)36(35,3)4)34-37-31-19-10-8-15-27(31)33(38-34)25-21-20-23-12-5-6-13-24(23)22-25/h5-22H,1-4H3. The number of hydrogen-bond donors (Lipinski definition) is 0. The van der Waals surface area contributed by atoms with E-state index in [0.717, 1.165) is 33.5 Å². The second kappa shape index (κ2) is 8.10. The van der Waals surface area contributed by atoms with Gasteiger partial charge in [-0.2, -0.15) is 0 Å². The van der Waals surface area contributed by atoms with Crippen molar-refractivity contribution in [1.29, 1.82) is 0 Å². The largest absolute Gasteiger partial charge is 0.228 e. The summed E-state index contributed by atoms with van der Waals surface area (Å²) in [5.74, 6) is 0.772.